The second-order valence-electron chi connectivity index (χ2n) is 2.24. The largest absolute Gasteiger partial charge is 0.477 e. The number of nitrogens with one attached hydrogen (secondary N) is 2. The van der Waals surface area contributed by atoms with Crippen molar-refractivity contribution in [2.45, 2.75) is 6.92 Å². The molecule has 0 fully saturated rings. The number of aliphatic carboxylic acids is 1. The van der Waals surface area contributed by atoms with Crippen LogP contribution in [0.3, 0.4) is 0 Å². The molecule has 13 heavy (non-hydrogen) atoms. The molecule has 0 unspecified atom stereocenters. The maximum atomic E-state index is 10.8. The van der Waals surface area contributed by atoms with Crippen molar-refractivity contribution in [1.82, 2.24) is 10.6 Å². The topological polar surface area (TPSA) is 95.5 Å². The zero-order valence-electron chi connectivity index (χ0n) is 7.09. The van der Waals surface area contributed by atoms with Crippen molar-refractivity contribution in [3.8, 4) is 0 Å². The molecule has 72 valence electrons. The molecule has 0 radical (unpaired) electrons. The zero-order chi connectivity index (χ0) is 10.4. The lowest BCUT2D eigenvalue weighted by Crippen LogP contribution is -2.36. The van der Waals surface area contributed by atoms with E-state index in [0.29, 0.717) is 0 Å². The van der Waals surface area contributed by atoms with Gasteiger partial charge in [0.15, 0.2) is 0 Å². The van der Waals surface area contributed by atoms with Crippen molar-refractivity contribution >= 4 is 17.8 Å². The minimum Gasteiger partial charge on any atom is -0.477 e. The molecular weight excluding hydrogens is 176 g/mol. The lowest BCUT2D eigenvalue weighted by Gasteiger charge is -2.03. The van der Waals surface area contributed by atoms with E-state index in [4.69, 9.17) is 5.11 Å². The summed E-state index contributed by atoms with van der Waals surface area (Å²) in [4.78, 5) is 31.3. The number of hydrogen-bond donors (Lipinski definition) is 3. The first-order chi connectivity index (χ1) is 5.93. The molecule has 0 aromatic heterocycles. The van der Waals surface area contributed by atoms with Gasteiger partial charge in [0, 0.05) is 6.92 Å². The van der Waals surface area contributed by atoms with Crippen LogP contribution in [0.15, 0.2) is 12.3 Å². The monoisotopic (exact) mass is 186 g/mol. The summed E-state index contributed by atoms with van der Waals surface area (Å²) in [7, 11) is 0. The molecule has 0 aromatic carbocycles. The second-order valence-corrected chi connectivity index (χ2v) is 2.24. The van der Waals surface area contributed by atoms with Gasteiger partial charge in [0.05, 0.1) is 6.54 Å². The normalized spacial score (nSPS) is 8.69. The first-order valence-corrected chi connectivity index (χ1v) is 3.40. The van der Waals surface area contributed by atoms with E-state index in [1.165, 1.54) is 6.92 Å². The average Bonchev–Trinajstić information content (AvgIpc) is 2.00. The second kappa shape index (κ2) is 4.91. The third-order valence-corrected chi connectivity index (χ3v) is 1.05. The van der Waals surface area contributed by atoms with E-state index in [9.17, 15) is 14.4 Å². The van der Waals surface area contributed by atoms with Gasteiger partial charge in [-0.2, -0.15) is 0 Å². The van der Waals surface area contributed by atoms with Crippen LogP contribution < -0.4 is 10.6 Å². The third kappa shape index (κ3) is 5.42. The molecule has 0 saturated heterocycles. The first kappa shape index (κ1) is 11.2. The van der Waals surface area contributed by atoms with Crippen LogP contribution in [0.2, 0.25) is 0 Å². The molecule has 0 atom stereocenters. The van der Waals surface area contributed by atoms with Crippen LogP contribution in [-0.4, -0.2) is 29.4 Å². The Balaban J connectivity index is 3.82. The quantitative estimate of drug-likeness (QED) is 0.482. The summed E-state index contributed by atoms with van der Waals surface area (Å²) in [6.45, 7) is 4.06. The summed E-state index contributed by atoms with van der Waals surface area (Å²) in [6, 6.07) is 0. The Morgan fingerprint density at radius 1 is 1.38 bits per heavy atom. The molecule has 3 N–H and O–H groups in total. The molecule has 6 nitrogen and oxygen atoms in total. The highest BCUT2D eigenvalue weighted by molar-refractivity contribution is 5.93. The van der Waals surface area contributed by atoms with Crippen molar-refractivity contribution in [2.24, 2.45) is 0 Å². The van der Waals surface area contributed by atoms with Gasteiger partial charge in [-0.25, -0.2) is 4.79 Å². The maximum Gasteiger partial charge on any atom is 0.351 e. The number of rotatable bonds is 4. The Hall–Kier alpha value is -1.85. The predicted octanol–water partition coefficient (Wildman–Crippen LogP) is -1.16. The van der Waals surface area contributed by atoms with Gasteiger partial charge in [-0.15, -0.1) is 0 Å². The van der Waals surface area contributed by atoms with Gasteiger partial charge in [-0.05, 0) is 0 Å². The van der Waals surface area contributed by atoms with E-state index in [2.05, 4.69) is 11.9 Å². The van der Waals surface area contributed by atoms with Gasteiger partial charge in [0.25, 0.3) is 0 Å². The minimum absolute atomic E-state index is 0.262. The molecule has 6 heteroatoms. The molecule has 0 aromatic rings. The van der Waals surface area contributed by atoms with E-state index in [-0.39, 0.29) is 12.5 Å². The van der Waals surface area contributed by atoms with Crippen LogP contribution in [0.5, 0.6) is 0 Å². The summed E-state index contributed by atoms with van der Waals surface area (Å²) < 4.78 is 0. The lowest BCUT2D eigenvalue weighted by molar-refractivity contribution is -0.134. The molecule has 0 bridgehead atoms. The minimum atomic E-state index is -1.31. The van der Waals surface area contributed by atoms with E-state index in [1.54, 1.807) is 0 Å². The van der Waals surface area contributed by atoms with E-state index < -0.39 is 17.6 Å². The van der Waals surface area contributed by atoms with Gasteiger partial charge in [-0.1, -0.05) is 6.58 Å². The van der Waals surface area contributed by atoms with Crippen molar-refractivity contribution in [2.75, 3.05) is 6.54 Å². The highest BCUT2D eigenvalue weighted by atomic mass is 16.4. The summed E-state index contributed by atoms with van der Waals surface area (Å²) >= 11 is 0. The van der Waals surface area contributed by atoms with E-state index in [1.807, 2.05) is 5.32 Å². The summed E-state index contributed by atoms with van der Waals surface area (Å²) in [5.41, 5.74) is -0.421. The van der Waals surface area contributed by atoms with E-state index in [0.717, 1.165) is 0 Å². The first-order valence-electron chi connectivity index (χ1n) is 3.40. The molecule has 0 rings (SSSR count). The SMILES string of the molecule is C=C(NC(=O)CNC(C)=O)C(=O)O. The van der Waals surface area contributed by atoms with Crippen LogP contribution in [0.25, 0.3) is 0 Å². The fourth-order valence-corrected chi connectivity index (χ4v) is 0.471. The Kier molecular flexibility index (Phi) is 4.21. The number of carbonyl (C=O) groups excluding carboxylic acids is 2. The van der Waals surface area contributed by atoms with Gasteiger partial charge in [0.2, 0.25) is 11.8 Å². The Morgan fingerprint density at radius 2 is 1.92 bits per heavy atom. The number of hydrogen-bond acceptors (Lipinski definition) is 3. The molecule has 0 aliphatic rings. The van der Waals surface area contributed by atoms with Crippen LogP contribution in [0, 0.1) is 0 Å². The van der Waals surface area contributed by atoms with Crippen LogP contribution in [-0.2, 0) is 14.4 Å². The molecule has 0 heterocycles. The fraction of sp³-hybridized carbons (Fsp3) is 0.286. The molecule has 2 amide bonds. The van der Waals surface area contributed by atoms with Gasteiger partial charge < -0.3 is 15.7 Å². The Labute approximate surface area is 74.6 Å². The number of carboxylic acid groups (broad SMARTS) is 1. The lowest BCUT2D eigenvalue weighted by atomic mass is 10.4. The van der Waals surface area contributed by atoms with Crippen molar-refractivity contribution in [3.05, 3.63) is 12.3 Å². The smallest absolute Gasteiger partial charge is 0.351 e. The van der Waals surface area contributed by atoms with Crippen molar-refractivity contribution < 1.29 is 19.5 Å². The Bertz CT molecular complexity index is 259. The van der Waals surface area contributed by atoms with Crippen molar-refractivity contribution in [1.29, 1.82) is 0 Å². The van der Waals surface area contributed by atoms with Gasteiger partial charge >= 0.3 is 5.97 Å². The highest BCUT2D eigenvalue weighted by Gasteiger charge is 2.08. The van der Waals surface area contributed by atoms with Crippen molar-refractivity contribution in [3.63, 3.8) is 0 Å². The van der Waals surface area contributed by atoms with E-state index >= 15 is 0 Å². The number of carboxylic acids is 1. The summed E-state index contributed by atoms with van der Waals surface area (Å²) in [6.07, 6.45) is 0. The molecule has 0 aliphatic heterocycles. The molecule has 0 spiro atoms. The summed E-state index contributed by atoms with van der Waals surface area (Å²) in [5, 5.41) is 12.5. The zero-order valence-corrected chi connectivity index (χ0v) is 7.09. The van der Waals surface area contributed by atoms with Crippen LogP contribution >= 0.6 is 0 Å². The van der Waals surface area contributed by atoms with Gasteiger partial charge in [-0.3, -0.25) is 9.59 Å². The third-order valence-electron chi connectivity index (χ3n) is 1.05. The number of carbonyl (C=O) groups is 3. The highest BCUT2D eigenvalue weighted by Crippen LogP contribution is 1.81. The van der Waals surface area contributed by atoms with Crippen LogP contribution in [0.4, 0.5) is 0 Å². The van der Waals surface area contributed by atoms with Crippen LogP contribution in [0.1, 0.15) is 6.92 Å². The number of amides is 2. The average molecular weight is 186 g/mol. The summed E-state index contributed by atoms with van der Waals surface area (Å²) in [5.74, 6) is -2.30. The Morgan fingerprint density at radius 3 is 2.31 bits per heavy atom. The molecular formula is C7H10N2O4. The maximum absolute atomic E-state index is 10.8. The predicted molar refractivity (Wildman–Crippen MR) is 43.6 cm³/mol. The molecule has 0 aliphatic carbocycles. The molecule has 0 saturated carbocycles. The standard InChI is InChI=1S/C7H10N2O4/c1-4(7(12)13)9-6(11)3-8-5(2)10/h1,3H2,2H3,(H,8,10)(H,9,11)(H,12,13). The van der Waals surface area contributed by atoms with Gasteiger partial charge in [0.1, 0.15) is 5.70 Å². The fourth-order valence-electron chi connectivity index (χ4n) is 0.471.